The number of nitrogens with one attached hydrogen (secondary N) is 1. The van der Waals surface area contributed by atoms with E-state index in [9.17, 15) is 4.79 Å². The van der Waals surface area contributed by atoms with Crippen molar-refractivity contribution in [3.05, 3.63) is 74.4 Å². The van der Waals surface area contributed by atoms with Gasteiger partial charge in [0.2, 0.25) is 5.95 Å². The third-order valence-electron chi connectivity index (χ3n) is 4.74. The maximum absolute atomic E-state index is 13.2. The van der Waals surface area contributed by atoms with Crippen LogP contribution in [0.25, 0.3) is 0 Å². The van der Waals surface area contributed by atoms with Crippen molar-refractivity contribution < 1.29 is 14.3 Å². The molecule has 0 radical (unpaired) electrons. The van der Waals surface area contributed by atoms with Gasteiger partial charge in [-0.3, -0.25) is 0 Å². The third-order valence-corrected chi connectivity index (χ3v) is 5.70. The van der Waals surface area contributed by atoms with E-state index in [2.05, 4.69) is 36.8 Å². The molecule has 10 heteroatoms. The molecule has 4 rings (SSSR count). The van der Waals surface area contributed by atoms with Crippen molar-refractivity contribution in [2.75, 3.05) is 12.4 Å². The third kappa shape index (κ3) is 3.78. The second-order valence-corrected chi connectivity index (χ2v) is 7.86. The molecular weight excluding hydrogens is 474 g/mol. The Labute approximate surface area is 185 Å². The number of carbonyl (C=O) groups is 1. The van der Waals surface area contributed by atoms with Crippen molar-refractivity contribution in [1.29, 1.82) is 0 Å². The van der Waals surface area contributed by atoms with E-state index in [1.54, 1.807) is 29.8 Å². The maximum atomic E-state index is 13.2. The van der Waals surface area contributed by atoms with Gasteiger partial charge in [-0.15, -0.1) is 0 Å². The summed E-state index contributed by atoms with van der Waals surface area (Å²) < 4.78 is 13.4. The molecule has 1 unspecified atom stereocenters. The Morgan fingerprint density at radius 1 is 1.30 bits per heavy atom. The zero-order valence-corrected chi connectivity index (χ0v) is 18.4. The molecule has 2 aromatic carbocycles. The van der Waals surface area contributed by atoms with Crippen molar-refractivity contribution in [1.82, 2.24) is 20.2 Å². The highest BCUT2D eigenvalue weighted by Gasteiger charge is 2.36. The molecule has 0 fully saturated rings. The van der Waals surface area contributed by atoms with Gasteiger partial charge < -0.3 is 14.8 Å². The summed E-state index contributed by atoms with van der Waals surface area (Å²) in [7, 11) is 1.54. The summed E-state index contributed by atoms with van der Waals surface area (Å²) in [6, 6.07) is 12.2. The van der Waals surface area contributed by atoms with Gasteiger partial charge in [0.1, 0.15) is 18.4 Å². The molecule has 2 heterocycles. The standard InChI is InChI=1S/C20H17BrClN5O3/c1-11-17(19(28)30-10-12-7-8-13(22)9-16(12)29-2)18(14-5-3-4-6-15(14)21)27-20(23-11)24-25-26-27/h3-9,18H,10H2,1-2H3,(H,23,24,26). The average Bonchev–Trinajstić information content (AvgIpc) is 3.20. The van der Waals surface area contributed by atoms with Gasteiger partial charge in [-0.05, 0) is 41.1 Å². The maximum Gasteiger partial charge on any atom is 0.338 e. The zero-order chi connectivity index (χ0) is 21.3. The molecule has 1 aliphatic heterocycles. The van der Waals surface area contributed by atoms with Gasteiger partial charge in [-0.1, -0.05) is 56.9 Å². The molecule has 3 aromatic rings. The largest absolute Gasteiger partial charge is 0.496 e. The summed E-state index contributed by atoms with van der Waals surface area (Å²) in [6.45, 7) is 1.82. The lowest BCUT2D eigenvalue weighted by molar-refractivity contribution is -0.140. The van der Waals surface area contributed by atoms with E-state index >= 15 is 0 Å². The number of anilines is 1. The van der Waals surface area contributed by atoms with Crippen LogP contribution in [0.15, 0.2) is 58.2 Å². The number of aromatic nitrogens is 4. The van der Waals surface area contributed by atoms with Crippen LogP contribution in [0, 0.1) is 0 Å². The van der Waals surface area contributed by atoms with Crippen molar-refractivity contribution in [3.8, 4) is 5.75 Å². The smallest absolute Gasteiger partial charge is 0.338 e. The van der Waals surface area contributed by atoms with Crippen LogP contribution in [0.4, 0.5) is 5.95 Å². The molecule has 0 amide bonds. The van der Waals surface area contributed by atoms with Gasteiger partial charge in [-0.2, -0.15) is 4.68 Å². The fourth-order valence-electron chi connectivity index (χ4n) is 3.32. The van der Waals surface area contributed by atoms with Crippen LogP contribution in [-0.4, -0.2) is 33.3 Å². The highest BCUT2D eigenvalue weighted by atomic mass is 79.9. The quantitative estimate of drug-likeness (QED) is 0.538. The van der Waals surface area contributed by atoms with Gasteiger partial charge in [0, 0.05) is 20.8 Å². The first-order valence-electron chi connectivity index (χ1n) is 8.99. The Kier molecular flexibility index (Phi) is 5.74. The van der Waals surface area contributed by atoms with E-state index in [0.717, 1.165) is 10.0 Å². The van der Waals surface area contributed by atoms with Crippen molar-refractivity contribution in [3.63, 3.8) is 0 Å². The Morgan fingerprint density at radius 2 is 2.10 bits per heavy atom. The molecule has 30 heavy (non-hydrogen) atoms. The molecule has 0 saturated carbocycles. The Balaban J connectivity index is 1.67. The summed E-state index contributed by atoms with van der Waals surface area (Å²) in [5.41, 5.74) is 2.57. The molecule has 0 spiro atoms. The Bertz CT molecular complexity index is 1150. The van der Waals surface area contributed by atoms with Crippen LogP contribution in [0.3, 0.4) is 0 Å². The summed E-state index contributed by atoms with van der Waals surface area (Å²) in [5.74, 6) is 0.510. The lowest BCUT2D eigenvalue weighted by Crippen LogP contribution is -2.30. The number of tetrazole rings is 1. The second-order valence-electron chi connectivity index (χ2n) is 6.57. The predicted molar refractivity (Wildman–Crippen MR) is 114 cm³/mol. The number of fused-ring (bicyclic) bond motifs is 1. The average molecular weight is 491 g/mol. The Hall–Kier alpha value is -2.91. The number of hydrogen-bond donors (Lipinski definition) is 1. The number of carbonyl (C=O) groups excluding carboxylic acids is 1. The minimum atomic E-state index is -0.550. The number of ether oxygens (including phenoxy) is 2. The number of methoxy groups -OCH3 is 1. The van der Waals surface area contributed by atoms with Crippen LogP contribution in [-0.2, 0) is 16.1 Å². The van der Waals surface area contributed by atoms with Crippen LogP contribution in [0.1, 0.15) is 24.1 Å². The van der Waals surface area contributed by atoms with Crippen molar-refractivity contribution in [2.24, 2.45) is 0 Å². The second kappa shape index (κ2) is 8.45. The van der Waals surface area contributed by atoms with E-state index in [4.69, 9.17) is 21.1 Å². The minimum absolute atomic E-state index is 0.0289. The van der Waals surface area contributed by atoms with Gasteiger partial charge in [-0.25, -0.2) is 4.79 Å². The number of rotatable bonds is 5. The van der Waals surface area contributed by atoms with Crippen LogP contribution < -0.4 is 10.1 Å². The van der Waals surface area contributed by atoms with Crippen LogP contribution in [0.5, 0.6) is 5.75 Å². The summed E-state index contributed by atoms with van der Waals surface area (Å²) in [5, 5.41) is 15.4. The molecule has 0 saturated heterocycles. The molecule has 1 aliphatic rings. The highest BCUT2D eigenvalue weighted by Crippen LogP contribution is 2.38. The fraction of sp³-hybridized carbons (Fsp3) is 0.200. The van der Waals surface area contributed by atoms with E-state index in [0.29, 0.717) is 33.6 Å². The number of benzene rings is 2. The summed E-state index contributed by atoms with van der Waals surface area (Å²) in [6.07, 6.45) is 0. The number of esters is 1. The molecule has 1 atom stereocenters. The molecule has 1 N–H and O–H groups in total. The summed E-state index contributed by atoms with van der Waals surface area (Å²) in [4.78, 5) is 13.2. The minimum Gasteiger partial charge on any atom is -0.496 e. The first kappa shape index (κ1) is 20.4. The number of halogens is 2. The van der Waals surface area contributed by atoms with E-state index < -0.39 is 12.0 Å². The lowest BCUT2D eigenvalue weighted by atomic mass is 9.96. The molecule has 0 bridgehead atoms. The van der Waals surface area contributed by atoms with E-state index in [1.165, 1.54) is 7.11 Å². The molecule has 154 valence electrons. The van der Waals surface area contributed by atoms with Crippen LogP contribution >= 0.6 is 27.5 Å². The monoisotopic (exact) mass is 489 g/mol. The SMILES string of the molecule is COc1cc(Cl)ccc1COC(=O)C1=C(C)Nc2nnnn2C1c1ccccc1Br. The lowest BCUT2D eigenvalue weighted by Gasteiger charge is -2.28. The Morgan fingerprint density at radius 3 is 2.87 bits per heavy atom. The first-order chi connectivity index (χ1) is 14.5. The van der Waals surface area contributed by atoms with Gasteiger partial charge in [0.05, 0.1) is 12.7 Å². The first-order valence-corrected chi connectivity index (χ1v) is 10.2. The molecule has 0 aliphatic carbocycles. The fourth-order valence-corrected chi connectivity index (χ4v) is 3.98. The number of allylic oxidation sites excluding steroid dienone is 1. The summed E-state index contributed by atoms with van der Waals surface area (Å²) >= 11 is 9.57. The normalized spacial score (nSPS) is 15.4. The topological polar surface area (TPSA) is 91.2 Å². The van der Waals surface area contributed by atoms with Crippen LogP contribution in [0.2, 0.25) is 5.02 Å². The van der Waals surface area contributed by atoms with E-state index in [1.807, 2.05) is 24.3 Å². The molecular formula is C20H17BrClN5O3. The highest BCUT2D eigenvalue weighted by molar-refractivity contribution is 9.10. The number of nitrogens with zero attached hydrogens (tertiary/aromatic N) is 4. The van der Waals surface area contributed by atoms with Gasteiger partial charge >= 0.3 is 5.97 Å². The zero-order valence-electron chi connectivity index (χ0n) is 16.1. The van der Waals surface area contributed by atoms with E-state index in [-0.39, 0.29) is 6.61 Å². The predicted octanol–water partition coefficient (Wildman–Crippen LogP) is 4.13. The van der Waals surface area contributed by atoms with Gasteiger partial charge in [0.25, 0.3) is 0 Å². The molecule has 1 aromatic heterocycles. The van der Waals surface area contributed by atoms with Gasteiger partial charge in [0.15, 0.2) is 0 Å². The van der Waals surface area contributed by atoms with Crippen molar-refractivity contribution >= 4 is 39.4 Å². The van der Waals surface area contributed by atoms with Crippen molar-refractivity contribution in [2.45, 2.75) is 19.6 Å². The number of hydrogen-bond acceptors (Lipinski definition) is 7. The molecule has 8 nitrogen and oxygen atoms in total.